The quantitative estimate of drug-likeness (QED) is 0.512. The minimum Gasteiger partial charge on any atom is -0.490 e. The van der Waals surface area contributed by atoms with Crippen LogP contribution in [0.2, 0.25) is 0 Å². The van der Waals surface area contributed by atoms with Crippen LogP contribution in [0.5, 0.6) is 17.5 Å². The lowest BCUT2D eigenvalue weighted by Crippen LogP contribution is -2.14. The van der Waals surface area contributed by atoms with Gasteiger partial charge in [0.1, 0.15) is 0 Å². The normalized spacial score (nSPS) is 10.4. The standard InChI is InChI=1S/C20H25N5O2.ClH/c1-3-5-13-21-15-16-11-12-18(19(14-16)26-4-2)27-20-22-23-24-25(20)17-9-7-6-8-10-17;/h6-12,14,21H,3-5,13,15H2,1-2H3;1H. The van der Waals surface area contributed by atoms with E-state index < -0.39 is 0 Å². The molecule has 2 aromatic carbocycles. The van der Waals surface area contributed by atoms with Crippen molar-refractivity contribution in [3.05, 3.63) is 54.1 Å². The zero-order chi connectivity index (χ0) is 18.9. The van der Waals surface area contributed by atoms with Crippen LogP contribution in [0.3, 0.4) is 0 Å². The van der Waals surface area contributed by atoms with Gasteiger partial charge in [-0.05, 0) is 60.1 Å². The summed E-state index contributed by atoms with van der Waals surface area (Å²) >= 11 is 0. The molecule has 0 aliphatic heterocycles. The highest BCUT2D eigenvalue weighted by molar-refractivity contribution is 5.85. The molecule has 0 aliphatic rings. The van der Waals surface area contributed by atoms with Crippen LogP contribution in [0.4, 0.5) is 0 Å². The fraction of sp³-hybridized carbons (Fsp3) is 0.350. The second kappa shape index (κ2) is 11.3. The lowest BCUT2D eigenvalue weighted by Gasteiger charge is -2.13. The largest absolute Gasteiger partial charge is 0.490 e. The first-order valence-corrected chi connectivity index (χ1v) is 9.30. The molecule has 0 aliphatic carbocycles. The lowest BCUT2D eigenvalue weighted by atomic mass is 10.2. The number of hydrogen-bond acceptors (Lipinski definition) is 6. The molecule has 0 atom stereocenters. The highest BCUT2D eigenvalue weighted by Gasteiger charge is 2.14. The maximum Gasteiger partial charge on any atom is 0.346 e. The number of tetrazole rings is 1. The fourth-order valence-electron chi connectivity index (χ4n) is 2.62. The molecule has 28 heavy (non-hydrogen) atoms. The van der Waals surface area contributed by atoms with Crippen molar-refractivity contribution in [2.45, 2.75) is 33.2 Å². The van der Waals surface area contributed by atoms with Crippen LogP contribution in [0, 0.1) is 0 Å². The number of benzene rings is 2. The Morgan fingerprint density at radius 3 is 2.61 bits per heavy atom. The molecule has 1 heterocycles. The van der Waals surface area contributed by atoms with Crippen molar-refractivity contribution < 1.29 is 9.47 Å². The number of para-hydroxylation sites is 1. The number of hydrogen-bond donors (Lipinski definition) is 1. The maximum atomic E-state index is 5.97. The fourth-order valence-corrected chi connectivity index (χ4v) is 2.62. The molecule has 0 saturated carbocycles. The third kappa shape index (κ3) is 5.68. The van der Waals surface area contributed by atoms with E-state index in [4.69, 9.17) is 9.47 Å². The predicted molar refractivity (Wildman–Crippen MR) is 111 cm³/mol. The smallest absolute Gasteiger partial charge is 0.346 e. The van der Waals surface area contributed by atoms with Crippen molar-refractivity contribution >= 4 is 12.4 Å². The molecular weight excluding hydrogens is 378 g/mol. The number of nitrogens with one attached hydrogen (secondary N) is 1. The minimum atomic E-state index is 0. The Morgan fingerprint density at radius 2 is 1.86 bits per heavy atom. The van der Waals surface area contributed by atoms with E-state index in [9.17, 15) is 0 Å². The second-order valence-corrected chi connectivity index (χ2v) is 6.06. The molecule has 1 aromatic heterocycles. The van der Waals surface area contributed by atoms with Gasteiger partial charge in [-0.2, -0.15) is 4.68 Å². The van der Waals surface area contributed by atoms with E-state index in [1.165, 1.54) is 12.8 Å². The molecule has 0 fully saturated rings. The van der Waals surface area contributed by atoms with Gasteiger partial charge < -0.3 is 14.8 Å². The van der Waals surface area contributed by atoms with Crippen LogP contribution < -0.4 is 14.8 Å². The third-order valence-electron chi connectivity index (χ3n) is 3.99. The van der Waals surface area contributed by atoms with Gasteiger partial charge >= 0.3 is 6.01 Å². The third-order valence-corrected chi connectivity index (χ3v) is 3.99. The molecular formula is C20H26ClN5O2. The predicted octanol–water partition coefficient (Wildman–Crippen LogP) is 4.16. The van der Waals surface area contributed by atoms with Crippen molar-refractivity contribution in [1.29, 1.82) is 0 Å². The van der Waals surface area contributed by atoms with E-state index >= 15 is 0 Å². The molecule has 3 rings (SSSR count). The summed E-state index contributed by atoms with van der Waals surface area (Å²) in [6, 6.07) is 15.8. The first-order chi connectivity index (χ1) is 13.3. The highest BCUT2D eigenvalue weighted by atomic mass is 35.5. The second-order valence-electron chi connectivity index (χ2n) is 6.06. The monoisotopic (exact) mass is 403 g/mol. The Labute approximate surface area is 171 Å². The molecule has 3 aromatic rings. The van der Waals surface area contributed by atoms with E-state index in [1.54, 1.807) is 4.68 Å². The van der Waals surface area contributed by atoms with E-state index in [0.717, 1.165) is 24.3 Å². The van der Waals surface area contributed by atoms with Crippen molar-refractivity contribution in [2.75, 3.05) is 13.2 Å². The summed E-state index contributed by atoms with van der Waals surface area (Å²) in [7, 11) is 0. The van der Waals surface area contributed by atoms with Crippen LogP contribution in [-0.2, 0) is 6.54 Å². The van der Waals surface area contributed by atoms with Crippen molar-refractivity contribution in [2.24, 2.45) is 0 Å². The molecule has 150 valence electrons. The number of unbranched alkanes of at least 4 members (excludes halogenated alkanes) is 1. The van der Waals surface area contributed by atoms with Gasteiger partial charge in [0, 0.05) is 6.54 Å². The zero-order valence-electron chi connectivity index (χ0n) is 16.2. The molecule has 0 amide bonds. The van der Waals surface area contributed by atoms with Crippen molar-refractivity contribution in [1.82, 2.24) is 25.5 Å². The van der Waals surface area contributed by atoms with Gasteiger partial charge in [-0.25, -0.2) is 0 Å². The van der Waals surface area contributed by atoms with E-state index in [1.807, 2.05) is 55.5 Å². The van der Waals surface area contributed by atoms with E-state index in [2.05, 4.69) is 27.8 Å². The Morgan fingerprint density at radius 1 is 1.04 bits per heavy atom. The van der Waals surface area contributed by atoms with Gasteiger partial charge in [0.25, 0.3) is 0 Å². The molecule has 0 saturated heterocycles. The highest BCUT2D eigenvalue weighted by Crippen LogP contribution is 2.32. The van der Waals surface area contributed by atoms with Crippen LogP contribution in [-0.4, -0.2) is 33.4 Å². The average molecular weight is 404 g/mol. The summed E-state index contributed by atoms with van der Waals surface area (Å²) < 4.78 is 13.3. The molecule has 1 N–H and O–H groups in total. The number of halogens is 1. The summed E-state index contributed by atoms with van der Waals surface area (Å²) in [4.78, 5) is 0. The van der Waals surface area contributed by atoms with Crippen LogP contribution >= 0.6 is 12.4 Å². The Kier molecular flexibility index (Phi) is 8.71. The first-order valence-electron chi connectivity index (χ1n) is 9.30. The lowest BCUT2D eigenvalue weighted by molar-refractivity contribution is 0.315. The summed E-state index contributed by atoms with van der Waals surface area (Å²) in [5, 5.41) is 15.2. The van der Waals surface area contributed by atoms with Gasteiger partial charge in [-0.1, -0.05) is 42.7 Å². The molecule has 8 heteroatoms. The molecule has 0 unspecified atom stereocenters. The Bertz CT molecular complexity index is 842. The van der Waals surface area contributed by atoms with Crippen LogP contribution in [0.1, 0.15) is 32.3 Å². The summed E-state index contributed by atoms with van der Waals surface area (Å²) in [5.41, 5.74) is 1.97. The van der Waals surface area contributed by atoms with Crippen molar-refractivity contribution in [3.63, 3.8) is 0 Å². The number of nitrogens with zero attached hydrogens (tertiary/aromatic N) is 4. The van der Waals surface area contributed by atoms with Gasteiger partial charge in [0.05, 0.1) is 12.3 Å². The summed E-state index contributed by atoms with van der Waals surface area (Å²) in [6.45, 7) is 6.48. The average Bonchev–Trinajstić information content (AvgIpc) is 3.16. The summed E-state index contributed by atoms with van der Waals surface area (Å²) in [5.74, 6) is 1.26. The minimum absolute atomic E-state index is 0. The molecule has 0 radical (unpaired) electrons. The Balaban J connectivity index is 0.00000280. The topological polar surface area (TPSA) is 74.1 Å². The molecule has 7 nitrogen and oxygen atoms in total. The van der Waals surface area contributed by atoms with E-state index in [0.29, 0.717) is 18.1 Å². The van der Waals surface area contributed by atoms with Gasteiger partial charge in [-0.3, -0.25) is 0 Å². The SMILES string of the molecule is CCCCNCc1ccc(Oc2nnnn2-c2ccccc2)c(OCC)c1.Cl. The van der Waals surface area contributed by atoms with E-state index in [-0.39, 0.29) is 18.4 Å². The maximum absolute atomic E-state index is 5.97. The zero-order valence-corrected chi connectivity index (χ0v) is 17.0. The molecule has 0 spiro atoms. The van der Waals surface area contributed by atoms with Gasteiger partial charge in [0.15, 0.2) is 11.5 Å². The van der Waals surface area contributed by atoms with Gasteiger partial charge in [0.2, 0.25) is 0 Å². The number of ether oxygens (including phenoxy) is 2. The Hall–Kier alpha value is -2.64. The first kappa shape index (κ1) is 21.7. The number of aromatic nitrogens is 4. The molecule has 0 bridgehead atoms. The summed E-state index contributed by atoms with van der Waals surface area (Å²) in [6.07, 6.45) is 2.35. The number of rotatable bonds is 10. The van der Waals surface area contributed by atoms with Crippen molar-refractivity contribution in [3.8, 4) is 23.2 Å². The van der Waals surface area contributed by atoms with Crippen LogP contribution in [0.25, 0.3) is 5.69 Å². The van der Waals surface area contributed by atoms with Crippen LogP contribution in [0.15, 0.2) is 48.5 Å². The van der Waals surface area contributed by atoms with Gasteiger partial charge in [-0.15, -0.1) is 12.4 Å².